The number of likely N-dealkylation sites (tertiary alicyclic amines) is 1. The molecule has 1 aliphatic rings. The Labute approximate surface area is 128 Å². The number of nitrogens with zero attached hydrogens (tertiary/aromatic N) is 4. The normalized spacial score (nSPS) is 21.8. The number of amides is 1. The molecule has 0 aromatic carbocycles. The van der Waals surface area contributed by atoms with Crippen LogP contribution in [0.4, 0.5) is 0 Å². The topological polar surface area (TPSA) is 95.0 Å². The highest BCUT2D eigenvalue weighted by molar-refractivity contribution is 5.95. The summed E-state index contributed by atoms with van der Waals surface area (Å²) in [6, 6.07) is 1.74. The van der Waals surface area contributed by atoms with Crippen molar-refractivity contribution in [2.75, 3.05) is 13.1 Å². The van der Waals surface area contributed by atoms with Gasteiger partial charge in [-0.1, -0.05) is 6.92 Å². The molecular weight excluding hydrogens is 282 g/mol. The smallest absolute Gasteiger partial charge is 0.254 e. The number of hydrogen-bond donors (Lipinski definition) is 2. The van der Waals surface area contributed by atoms with Crippen LogP contribution < -0.4 is 0 Å². The quantitative estimate of drug-likeness (QED) is 0.877. The number of aromatic nitrogens is 4. The lowest BCUT2D eigenvalue weighted by atomic mass is 9.89. The van der Waals surface area contributed by atoms with E-state index in [0.717, 1.165) is 18.4 Å². The monoisotopic (exact) mass is 301 g/mol. The maximum atomic E-state index is 12.8. The van der Waals surface area contributed by atoms with Crippen LogP contribution in [0, 0.1) is 0 Å². The first-order chi connectivity index (χ1) is 10.6. The summed E-state index contributed by atoms with van der Waals surface area (Å²) in [5.74, 6) is -0.0686. The predicted molar refractivity (Wildman–Crippen MR) is 79.0 cm³/mol. The van der Waals surface area contributed by atoms with Crippen molar-refractivity contribution in [1.29, 1.82) is 0 Å². The molecule has 116 valence electrons. The van der Waals surface area contributed by atoms with Crippen molar-refractivity contribution in [3.63, 3.8) is 0 Å². The highest BCUT2D eigenvalue weighted by Gasteiger charge is 2.39. The van der Waals surface area contributed by atoms with Crippen molar-refractivity contribution in [3.05, 3.63) is 41.5 Å². The first-order valence-corrected chi connectivity index (χ1v) is 7.45. The van der Waals surface area contributed by atoms with Gasteiger partial charge in [-0.3, -0.25) is 9.78 Å². The minimum atomic E-state index is -1.14. The van der Waals surface area contributed by atoms with Crippen molar-refractivity contribution in [1.82, 2.24) is 25.3 Å². The van der Waals surface area contributed by atoms with Gasteiger partial charge in [0.25, 0.3) is 5.91 Å². The standard InChI is InChI=1S/C15H19N5O2/c1-2-11-8-16-6-4-12(11)14(21)20-7-3-5-15(22,10-20)13-9-17-19-18-13/h4,6,8-9,22H,2-3,5,7,10H2,1H3,(H,17,18,19)/t15-/m1/s1. The molecule has 3 heterocycles. The highest BCUT2D eigenvalue weighted by atomic mass is 16.3. The third kappa shape index (κ3) is 2.59. The summed E-state index contributed by atoms with van der Waals surface area (Å²) in [5.41, 5.74) is 0.917. The molecule has 1 amide bonds. The highest BCUT2D eigenvalue weighted by Crippen LogP contribution is 2.30. The number of piperidine rings is 1. The van der Waals surface area contributed by atoms with Crippen LogP contribution in [0.1, 0.15) is 41.4 Å². The van der Waals surface area contributed by atoms with Gasteiger partial charge in [0.05, 0.1) is 12.7 Å². The van der Waals surface area contributed by atoms with E-state index >= 15 is 0 Å². The number of carbonyl (C=O) groups excluding carboxylic acids is 1. The zero-order valence-corrected chi connectivity index (χ0v) is 12.5. The molecule has 2 aromatic heterocycles. The molecule has 1 atom stereocenters. The van der Waals surface area contributed by atoms with E-state index < -0.39 is 5.60 Å². The fourth-order valence-electron chi connectivity index (χ4n) is 2.93. The summed E-state index contributed by atoms with van der Waals surface area (Å²) >= 11 is 0. The van der Waals surface area contributed by atoms with Gasteiger partial charge in [0.1, 0.15) is 11.3 Å². The van der Waals surface area contributed by atoms with Gasteiger partial charge in [0.15, 0.2) is 0 Å². The van der Waals surface area contributed by atoms with Crippen LogP contribution in [0.25, 0.3) is 0 Å². The molecule has 0 saturated carbocycles. The van der Waals surface area contributed by atoms with E-state index in [1.165, 1.54) is 6.20 Å². The fourth-order valence-corrected chi connectivity index (χ4v) is 2.93. The Morgan fingerprint density at radius 1 is 1.50 bits per heavy atom. The maximum Gasteiger partial charge on any atom is 0.254 e. The Balaban J connectivity index is 1.84. The van der Waals surface area contributed by atoms with Crippen LogP contribution in [0.2, 0.25) is 0 Å². The molecule has 2 N–H and O–H groups in total. The number of pyridine rings is 1. The Hall–Kier alpha value is -2.28. The molecule has 22 heavy (non-hydrogen) atoms. The molecular formula is C15H19N5O2. The number of aliphatic hydroxyl groups is 1. The largest absolute Gasteiger partial charge is 0.382 e. The zero-order chi connectivity index (χ0) is 15.6. The van der Waals surface area contributed by atoms with Gasteiger partial charge in [-0.2, -0.15) is 15.4 Å². The van der Waals surface area contributed by atoms with Crippen molar-refractivity contribution < 1.29 is 9.90 Å². The van der Waals surface area contributed by atoms with Crippen LogP contribution in [-0.4, -0.2) is 49.4 Å². The first-order valence-electron chi connectivity index (χ1n) is 7.45. The molecule has 0 radical (unpaired) electrons. The van der Waals surface area contributed by atoms with E-state index in [1.807, 2.05) is 6.92 Å². The number of H-pyrrole nitrogens is 1. The van der Waals surface area contributed by atoms with E-state index in [9.17, 15) is 9.90 Å². The van der Waals surface area contributed by atoms with Crippen molar-refractivity contribution in [2.45, 2.75) is 31.8 Å². The summed E-state index contributed by atoms with van der Waals surface area (Å²) in [7, 11) is 0. The number of carbonyl (C=O) groups is 1. The van der Waals surface area contributed by atoms with E-state index in [-0.39, 0.29) is 12.5 Å². The van der Waals surface area contributed by atoms with Crippen LogP contribution in [0.5, 0.6) is 0 Å². The number of hydrogen-bond acceptors (Lipinski definition) is 5. The summed E-state index contributed by atoms with van der Waals surface area (Å²) in [6.07, 6.45) is 6.90. The summed E-state index contributed by atoms with van der Waals surface area (Å²) in [6.45, 7) is 2.85. The lowest BCUT2D eigenvalue weighted by Gasteiger charge is -2.38. The van der Waals surface area contributed by atoms with Gasteiger partial charge >= 0.3 is 0 Å². The lowest BCUT2D eigenvalue weighted by Crippen LogP contribution is -2.49. The molecule has 2 aromatic rings. The van der Waals surface area contributed by atoms with E-state index in [0.29, 0.717) is 24.2 Å². The average Bonchev–Trinajstić information content (AvgIpc) is 3.09. The number of aryl methyl sites for hydroxylation is 1. The van der Waals surface area contributed by atoms with Crippen LogP contribution in [0.15, 0.2) is 24.7 Å². The fraction of sp³-hybridized carbons (Fsp3) is 0.467. The molecule has 1 aliphatic heterocycles. The van der Waals surface area contributed by atoms with E-state index in [2.05, 4.69) is 20.4 Å². The summed E-state index contributed by atoms with van der Waals surface area (Å²) in [4.78, 5) is 18.5. The van der Waals surface area contributed by atoms with Crippen molar-refractivity contribution in [2.24, 2.45) is 0 Å². The van der Waals surface area contributed by atoms with Gasteiger partial charge < -0.3 is 10.0 Å². The molecule has 7 nitrogen and oxygen atoms in total. The molecule has 0 spiro atoms. The Kier molecular flexibility index (Phi) is 3.89. The summed E-state index contributed by atoms with van der Waals surface area (Å²) < 4.78 is 0. The van der Waals surface area contributed by atoms with E-state index in [4.69, 9.17) is 0 Å². The molecule has 1 fully saturated rings. The minimum Gasteiger partial charge on any atom is -0.382 e. The molecule has 3 rings (SSSR count). The number of β-amino-alcohol motifs (C(OH)–C–C–N with tert-alkyl or cyclic N) is 1. The minimum absolute atomic E-state index is 0.0686. The van der Waals surface area contributed by atoms with Crippen LogP contribution >= 0.6 is 0 Å². The Bertz CT molecular complexity index is 658. The SMILES string of the molecule is CCc1cnccc1C(=O)N1CCC[C@](O)(c2cn[nH]n2)C1. The molecule has 1 saturated heterocycles. The molecule has 0 unspecified atom stereocenters. The predicted octanol–water partition coefficient (Wildman–Crippen LogP) is 0.886. The average molecular weight is 301 g/mol. The van der Waals surface area contributed by atoms with E-state index in [1.54, 1.807) is 23.4 Å². The van der Waals surface area contributed by atoms with Crippen LogP contribution in [-0.2, 0) is 12.0 Å². The Morgan fingerprint density at radius 3 is 3.09 bits per heavy atom. The molecule has 7 heteroatoms. The second-order valence-corrected chi connectivity index (χ2v) is 5.60. The first kappa shape index (κ1) is 14.6. The maximum absolute atomic E-state index is 12.8. The molecule has 0 aliphatic carbocycles. The van der Waals surface area contributed by atoms with Crippen LogP contribution in [0.3, 0.4) is 0 Å². The molecule has 0 bridgehead atoms. The second kappa shape index (κ2) is 5.84. The Morgan fingerprint density at radius 2 is 2.36 bits per heavy atom. The third-order valence-electron chi connectivity index (χ3n) is 4.16. The van der Waals surface area contributed by atoms with Crippen molar-refractivity contribution in [3.8, 4) is 0 Å². The second-order valence-electron chi connectivity index (χ2n) is 5.60. The van der Waals surface area contributed by atoms with Crippen molar-refractivity contribution >= 4 is 5.91 Å². The van der Waals surface area contributed by atoms with Gasteiger partial charge in [-0.25, -0.2) is 0 Å². The number of aromatic amines is 1. The van der Waals surface area contributed by atoms with Gasteiger partial charge in [-0.15, -0.1) is 0 Å². The zero-order valence-electron chi connectivity index (χ0n) is 12.5. The third-order valence-corrected chi connectivity index (χ3v) is 4.16. The van der Waals surface area contributed by atoms with Gasteiger partial charge in [-0.05, 0) is 30.9 Å². The number of rotatable bonds is 3. The number of nitrogens with one attached hydrogen (secondary N) is 1. The summed E-state index contributed by atoms with van der Waals surface area (Å²) in [5, 5.41) is 21.0. The van der Waals surface area contributed by atoms with Gasteiger partial charge in [0, 0.05) is 24.5 Å². The van der Waals surface area contributed by atoms with Gasteiger partial charge in [0.2, 0.25) is 0 Å². The lowest BCUT2D eigenvalue weighted by molar-refractivity contribution is -0.0320.